The zero-order valence-corrected chi connectivity index (χ0v) is 33.1. The third kappa shape index (κ3) is 42.8. The van der Waals surface area contributed by atoms with Gasteiger partial charge in [-0.2, -0.15) is 0 Å². The monoisotopic (exact) mass is 749 g/mol. The first-order chi connectivity index (χ1) is 25.6. The van der Waals surface area contributed by atoms with Gasteiger partial charge in [0.25, 0.3) is 0 Å². The molecule has 0 radical (unpaired) electrons. The fourth-order valence-corrected chi connectivity index (χ4v) is 4.89. The van der Waals surface area contributed by atoms with E-state index in [1.54, 1.807) is 6.92 Å². The predicted octanol–water partition coefficient (Wildman–Crippen LogP) is 7.04. The molecule has 0 fully saturated rings. The molecule has 308 valence electrons. The molecular weight excluding hydrogens is 672 g/mol. The summed E-state index contributed by atoms with van der Waals surface area (Å²) < 4.78 is 53.7. The van der Waals surface area contributed by atoms with Gasteiger partial charge in [0.2, 0.25) is 0 Å². The Labute approximate surface area is 316 Å². The van der Waals surface area contributed by atoms with Crippen molar-refractivity contribution in [1.29, 1.82) is 0 Å². The fraction of sp³-hybridized carbons (Fsp3) is 0.900. The van der Waals surface area contributed by atoms with E-state index in [2.05, 4.69) is 13.5 Å². The molecule has 0 aromatic carbocycles. The Morgan fingerprint density at radius 3 is 0.904 bits per heavy atom. The van der Waals surface area contributed by atoms with Gasteiger partial charge < -0.3 is 47.4 Å². The molecule has 0 saturated carbocycles. The number of unbranched alkanes of at least 4 members (excludes halogenated alkanes) is 14. The number of ether oxygens (including phenoxy) is 10. The molecule has 0 saturated heterocycles. The highest BCUT2D eigenvalue weighted by atomic mass is 16.6. The molecular formula is C40H76O12. The van der Waals surface area contributed by atoms with Gasteiger partial charge in [0.05, 0.1) is 106 Å². The fourth-order valence-electron chi connectivity index (χ4n) is 4.89. The average molecular weight is 749 g/mol. The number of esters is 2. The van der Waals surface area contributed by atoms with Gasteiger partial charge in [-0.1, -0.05) is 103 Å². The van der Waals surface area contributed by atoms with Crippen LogP contribution in [0.1, 0.15) is 117 Å². The van der Waals surface area contributed by atoms with Gasteiger partial charge in [0, 0.05) is 12.0 Å². The molecule has 0 atom stereocenters. The van der Waals surface area contributed by atoms with Crippen molar-refractivity contribution in [2.75, 3.05) is 119 Å². The molecule has 0 unspecified atom stereocenters. The van der Waals surface area contributed by atoms with E-state index in [4.69, 9.17) is 47.4 Å². The van der Waals surface area contributed by atoms with E-state index in [1.807, 2.05) is 0 Å². The van der Waals surface area contributed by atoms with Gasteiger partial charge in [-0.3, -0.25) is 4.79 Å². The Kier molecular flexibility index (Phi) is 42.4. The molecule has 0 spiro atoms. The number of carbonyl (C=O) groups is 2. The van der Waals surface area contributed by atoms with Crippen LogP contribution in [0.15, 0.2) is 12.2 Å². The highest BCUT2D eigenvalue weighted by Gasteiger charge is 2.04. The first-order valence-electron chi connectivity index (χ1n) is 20.2. The molecule has 0 amide bonds. The maximum Gasteiger partial charge on any atom is 0.333 e. The lowest BCUT2D eigenvalue weighted by Gasteiger charge is -2.09. The van der Waals surface area contributed by atoms with Crippen LogP contribution in [0.3, 0.4) is 0 Å². The molecule has 0 aliphatic rings. The molecule has 0 rings (SSSR count). The highest BCUT2D eigenvalue weighted by Crippen LogP contribution is 2.14. The minimum atomic E-state index is -0.413. The minimum absolute atomic E-state index is 0.134. The van der Waals surface area contributed by atoms with Crippen molar-refractivity contribution in [3.05, 3.63) is 12.2 Å². The van der Waals surface area contributed by atoms with Crippen LogP contribution < -0.4 is 0 Å². The molecule has 52 heavy (non-hydrogen) atoms. The molecule has 0 aromatic heterocycles. The van der Waals surface area contributed by atoms with Crippen molar-refractivity contribution in [3.8, 4) is 0 Å². The van der Waals surface area contributed by atoms with Crippen LogP contribution in [0, 0.1) is 0 Å². The summed E-state index contributed by atoms with van der Waals surface area (Å²) in [4.78, 5) is 23.1. The van der Waals surface area contributed by atoms with E-state index in [0.717, 1.165) is 12.8 Å². The van der Waals surface area contributed by atoms with E-state index in [9.17, 15) is 9.59 Å². The smallest absolute Gasteiger partial charge is 0.333 e. The molecule has 0 N–H and O–H groups in total. The van der Waals surface area contributed by atoms with Crippen molar-refractivity contribution >= 4 is 11.9 Å². The minimum Gasteiger partial charge on any atom is -0.463 e. The predicted molar refractivity (Wildman–Crippen MR) is 203 cm³/mol. The Hall–Kier alpha value is -1.64. The van der Waals surface area contributed by atoms with Gasteiger partial charge in [-0.25, -0.2) is 4.79 Å². The second-order valence-corrected chi connectivity index (χ2v) is 12.7. The quantitative estimate of drug-likeness (QED) is 0.0360. The number of rotatable bonds is 44. The van der Waals surface area contributed by atoms with Crippen molar-refractivity contribution in [2.24, 2.45) is 0 Å². The first kappa shape index (κ1) is 50.4. The first-order valence-corrected chi connectivity index (χ1v) is 20.2. The average Bonchev–Trinajstić information content (AvgIpc) is 3.14. The second kappa shape index (κ2) is 43.8. The van der Waals surface area contributed by atoms with Crippen LogP contribution in [-0.4, -0.2) is 131 Å². The van der Waals surface area contributed by atoms with Gasteiger partial charge in [0.1, 0.15) is 13.2 Å². The number of carbonyl (C=O) groups excluding carboxylic acids is 2. The lowest BCUT2D eigenvalue weighted by atomic mass is 10.0. The van der Waals surface area contributed by atoms with E-state index in [-0.39, 0.29) is 19.2 Å². The summed E-state index contributed by atoms with van der Waals surface area (Å²) in [6, 6.07) is 0. The number of hydrogen-bond acceptors (Lipinski definition) is 12. The van der Waals surface area contributed by atoms with Gasteiger partial charge in [-0.15, -0.1) is 0 Å². The van der Waals surface area contributed by atoms with Crippen molar-refractivity contribution in [3.63, 3.8) is 0 Å². The summed E-state index contributed by atoms with van der Waals surface area (Å²) in [5, 5.41) is 0. The molecule has 0 heterocycles. The van der Waals surface area contributed by atoms with E-state index in [1.165, 1.54) is 83.5 Å². The lowest BCUT2D eigenvalue weighted by Crippen LogP contribution is -2.15. The third-order valence-corrected chi connectivity index (χ3v) is 7.89. The third-order valence-electron chi connectivity index (χ3n) is 7.89. The maximum absolute atomic E-state index is 11.9. The normalized spacial score (nSPS) is 11.3. The molecule has 0 aromatic rings. The van der Waals surface area contributed by atoms with Crippen LogP contribution in [0.2, 0.25) is 0 Å². The molecule has 0 aliphatic carbocycles. The van der Waals surface area contributed by atoms with Crippen molar-refractivity contribution in [2.45, 2.75) is 117 Å². The lowest BCUT2D eigenvalue weighted by molar-refractivity contribution is -0.145. The summed E-state index contributed by atoms with van der Waals surface area (Å²) in [5.41, 5.74) is 0.370. The Morgan fingerprint density at radius 1 is 0.365 bits per heavy atom. The molecule has 12 nitrogen and oxygen atoms in total. The molecule has 0 bridgehead atoms. The highest BCUT2D eigenvalue weighted by molar-refractivity contribution is 5.86. The molecule has 0 aliphatic heterocycles. The van der Waals surface area contributed by atoms with Crippen LogP contribution in [0.5, 0.6) is 0 Å². The summed E-state index contributed by atoms with van der Waals surface area (Å²) in [7, 11) is 0. The summed E-state index contributed by atoms with van der Waals surface area (Å²) in [5.74, 6) is -0.547. The Balaban J connectivity index is 3.15. The standard InChI is InChI=1S/C40H76O12/c1-4-5-6-7-8-9-10-11-12-13-14-15-16-17-18-19-39(41)51-36-34-49-32-30-47-28-26-45-24-22-43-20-21-44-23-25-46-27-29-48-31-33-50-35-37-52-40(42)38(2)3/h2,4-37H2,1,3H3. The largest absolute Gasteiger partial charge is 0.463 e. The van der Waals surface area contributed by atoms with Gasteiger partial charge in [-0.05, 0) is 13.3 Å². The van der Waals surface area contributed by atoms with Crippen molar-refractivity contribution in [1.82, 2.24) is 0 Å². The summed E-state index contributed by atoms with van der Waals surface area (Å²) in [6.07, 6.45) is 20.2. The SMILES string of the molecule is C=C(C)C(=O)OCCOCCOCCOCCOCCOCCOCCOCCOCCOC(=O)CCCCCCCCCCCCCCCCC. The van der Waals surface area contributed by atoms with E-state index >= 15 is 0 Å². The van der Waals surface area contributed by atoms with E-state index < -0.39 is 5.97 Å². The van der Waals surface area contributed by atoms with Crippen LogP contribution in [0.4, 0.5) is 0 Å². The van der Waals surface area contributed by atoms with Gasteiger partial charge >= 0.3 is 11.9 Å². The second-order valence-electron chi connectivity index (χ2n) is 12.7. The van der Waals surface area contributed by atoms with Crippen LogP contribution in [0.25, 0.3) is 0 Å². The van der Waals surface area contributed by atoms with Crippen LogP contribution in [-0.2, 0) is 57.0 Å². The Bertz CT molecular complexity index is 767. The number of hydrogen-bond donors (Lipinski definition) is 0. The summed E-state index contributed by atoms with van der Waals surface area (Å²) in [6.45, 7) is 15.2. The van der Waals surface area contributed by atoms with Crippen molar-refractivity contribution < 1.29 is 57.0 Å². The Morgan fingerprint density at radius 2 is 0.615 bits per heavy atom. The zero-order chi connectivity index (χ0) is 37.8. The van der Waals surface area contributed by atoms with Gasteiger partial charge in [0.15, 0.2) is 0 Å². The maximum atomic E-state index is 11.9. The topological polar surface area (TPSA) is 126 Å². The molecule has 12 heteroatoms. The summed E-state index contributed by atoms with van der Waals surface area (Å²) >= 11 is 0. The zero-order valence-electron chi connectivity index (χ0n) is 33.1. The van der Waals surface area contributed by atoms with Crippen LogP contribution >= 0.6 is 0 Å². The van der Waals surface area contributed by atoms with E-state index in [0.29, 0.717) is 118 Å².